The highest BCUT2D eigenvalue weighted by Crippen LogP contribution is 2.23. The second-order valence-electron chi connectivity index (χ2n) is 8.05. The molecule has 2 N–H and O–H groups in total. The standard InChI is InChI=1S/C25H36N4O3.HI/c1-19(2)32-23-9-5-20(6-10-23)17-27-25(26-3)28-18-24(29-13-15-31-16-14-29)21-7-11-22(30-4)12-8-21;/h5-12,19,24H,13-18H2,1-4H3,(H2,26,27,28);1H. The molecular formula is C25H37IN4O3. The van der Waals surface area contributed by atoms with E-state index in [1.54, 1.807) is 14.2 Å². The zero-order chi connectivity index (χ0) is 22.8. The maximum Gasteiger partial charge on any atom is 0.191 e. The number of hydrogen-bond acceptors (Lipinski definition) is 5. The first kappa shape index (κ1) is 27.2. The molecule has 182 valence electrons. The summed E-state index contributed by atoms with van der Waals surface area (Å²) in [4.78, 5) is 6.86. The molecule has 1 aliphatic rings. The third-order valence-corrected chi connectivity index (χ3v) is 5.43. The van der Waals surface area contributed by atoms with Crippen molar-refractivity contribution in [2.45, 2.75) is 32.5 Å². The number of benzene rings is 2. The van der Waals surface area contributed by atoms with E-state index in [-0.39, 0.29) is 36.1 Å². The van der Waals surface area contributed by atoms with Gasteiger partial charge in [-0.3, -0.25) is 9.89 Å². The van der Waals surface area contributed by atoms with Gasteiger partial charge in [-0.25, -0.2) is 0 Å². The Morgan fingerprint density at radius 2 is 1.64 bits per heavy atom. The van der Waals surface area contributed by atoms with E-state index in [0.717, 1.165) is 50.3 Å². The Balaban J connectivity index is 0.00000385. The third-order valence-electron chi connectivity index (χ3n) is 5.43. The van der Waals surface area contributed by atoms with Gasteiger partial charge in [-0.1, -0.05) is 24.3 Å². The van der Waals surface area contributed by atoms with Gasteiger partial charge in [-0.05, 0) is 49.2 Å². The van der Waals surface area contributed by atoms with E-state index in [2.05, 4.69) is 44.8 Å². The van der Waals surface area contributed by atoms with Gasteiger partial charge in [-0.2, -0.15) is 0 Å². The first-order valence-corrected chi connectivity index (χ1v) is 11.2. The van der Waals surface area contributed by atoms with Crippen LogP contribution in [0.5, 0.6) is 11.5 Å². The first-order chi connectivity index (χ1) is 15.6. The van der Waals surface area contributed by atoms with Gasteiger partial charge in [0.1, 0.15) is 11.5 Å². The summed E-state index contributed by atoms with van der Waals surface area (Å²) in [5.41, 5.74) is 2.42. The van der Waals surface area contributed by atoms with Gasteiger partial charge in [0.15, 0.2) is 5.96 Å². The second kappa shape index (κ2) is 14.3. The fourth-order valence-corrected chi connectivity index (χ4v) is 3.73. The first-order valence-electron chi connectivity index (χ1n) is 11.2. The average Bonchev–Trinajstić information content (AvgIpc) is 2.83. The van der Waals surface area contributed by atoms with E-state index in [4.69, 9.17) is 14.2 Å². The number of rotatable bonds is 9. The Morgan fingerprint density at radius 1 is 1.00 bits per heavy atom. The van der Waals surface area contributed by atoms with Crippen molar-refractivity contribution in [3.05, 3.63) is 59.7 Å². The van der Waals surface area contributed by atoms with Crippen molar-refractivity contribution in [2.75, 3.05) is 47.0 Å². The maximum absolute atomic E-state index is 5.72. The van der Waals surface area contributed by atoms with Gasteiger partial charge in [0.05, 0.1) is 32.5 Å². The van der Waals surface area contributed by atoms with E-state index in [9.17, 15) is 0 Å². The van der Waals surface area contributed by atoms with E-state index in [0.29, 0.717) is 6.54 Å². The normalized spacial score (nSPS) is 15.5. The number of morpholine rings is 1. The number of ether oxygens (including phenoxy) is 3. The summed E-state index contributed by atoms with van der Waals surface area (Å²) in [5, 5.41) is 6.91. The second-order valence-corrected chi connectivity index (χ2v) is 8.05. The van der Waals surface area contributed by atoms with Crippen molar-refractivity contribution < 1.29 is 14.2 Å². The molecule has 1 atom stereocenters. The van der Waals surface area contributed by atoms with E-state index < -0.39 is 0 Å². The number of nitrogens with zero attached hydrogens (tertiary/aromatic N) is 2. The van der Waals surface area contributed by atoms with E-state index in [1.165, 1.54) is 11.1 Å². The lowest BCUT2D eigenvalue weighted by Crippen LogP contribution is -2.46. The number of nitrogens with one attached hydrogen (secondary N) is 2. The van der Waals surface area contributed by atoms with Crippen molar-refractivity contribution in [3.8, 4) is 11.5 Å². The highest BCUT2D eigenvalue weighted by Gasteiger charge is 2.23. The Kier molecular flexibility index (Phi) is 11.8. The molecule has 0 spiro atoms. The van der Waals surface area contributed by atoms with Crippen molar-refractivity contribution in [2.24, 2.45) is 4.99 Å². The zero-order valence-electron chi connectivity index (χ0n) is 20.0. The van der Waals surface area contributed by atoms with Gasteiger partial charge >= 0.3 is 0 Å². The zero-order valence-corrected chi connectivity index (χ0v) is 22.4. The van der Waals surface area contributed by atoms with Crippen LogP contribution in [-0.2, 0) is 11.3 Å². The molecule has 1 unspecified atom stereocenters. The summed E-state index contributed by atoms with van der Waals surface area (Å²) in [5.74, 6) is 2.53. The van der Waals surface area contributed by atoms with Crippen LogP contribution in [0.2, 0.25) is 0 Å². The minimum atomic E-state index is 0. The molecule has 1 saturated heterocycles. The molecular weight excluding hydrogens is 531 g/mol. The van der Waals surface area contributed by atoms with Crippen LogP contribution in [0.3, 0.4) is 0 Å². The molecule has 1 fully saturated rings. The molecule has 1 aliphatic heterocycles. The van der Waals surface area contributed by atoms with Crippen LogP contribution in [0.1, 0.15) is 31.0 Å². The summed E-state index contributed by atoms with van der Waals surface area (Å²) < 4.78 is 16.6. The molecule has 7 nitrogen and oxygen atoms in total. The fraction of sp³-hybridized carbons (Fsp3) is 0.480. The molecule has 0 saturated carbocycles. The van der Waals surface area contributed by atoms with Crippen LogP contribution in [0.15, 0.2) is 53.5 Å². The number of halogens is 1. The molecule has 33 heavy (non-hydrogen) atoms. The largest absolute Gasteiger partial charge is 0.497 e. The lowest BCUT2D eigenvalue weighted by atomic mass is 10.0. The summed E-state index contributed by atoms with van der Waals surface area (Å²) in [6.07, 6.45) is 0.173. The minimum absolute atomic E-state index is 0. The fourth-order valence-electron chi connectivity index (χ4n) is 3.73. The third kappa shape index (κ3) is 8.68. The van der Waals surface area contributed by atoms with Crippen LogP contribution < -0.4 is 20.1 Å². The average molecular weight is 569 g/mol. The molecule has 1 heterocycles. The molecule has 2 aromatic rings. The minimum Gasteiger partial charge on any atom is -0.497 e. The Morgan fingerprint density at radius 3 is 2.21 bits per heavy atom. The predicted octanol–water partition coefficient (Wildman–Crippen LogP) is 3.84. The molecule has 0 amide bonds. The molecule has 0 bridgehead atoms. The van der Waals surface area contributed by atoms with E-state index in [1.807, 2.05) is 38.1 Å². The lowest BCUT2D eigenvalue weighted by molar-refractivity contribution is 0.0170. The molecule has 2 aromatic carbocycles. The highest BCUT2D eigenvalue weighted by atomic mass is 127. The summed E-state index contributed by atoms with van der Waals surface area (Å²) >= 11 is 0. The quantitative estimate of drug-likeness (QED) is 0.272. The molecule has 3 rings (SSSR count). The van der Waals surface area contributed by atoms with Crippen molar-refractivity contribution in [1.29, 1.82) is 0 Å². The highest BCUT2D eigenvalue weighted by molar-refractivity contribution is 14.0. The number of methoxy groups -OCH3 is 1. The SMILES string of the molecule is CN=C(NCc1ccc(OC(C)C)cc1)NCC(c1ccc(OC)cc1)N1CCOCC1.I. The Bertz CT molecular complexity index is 838. The molecule has 0 aromatic heterocycles. The number of guanidine groups is 1. The summed E-state index contributed by atoms with van der Waals surface area (Å²) in [7, 11) is 3.49. The Hall–Kier alpha value is -2.04. The monoisotopic (exact) mass is 568 g/mol. The molecule has 0 radical (unpaired) electrons. The number of aliphatic imine (C=N–C) groups is 1. The van der Waals surface area contributed by atoms with Crippen LogP contribution in [0.4, 0.5) is 0 Å². The lowest BCUT2D eigenvalue weighted by Gasteiger charge is -2.35. The molecule has 8 heteroatoms. The number of hydrogen-bond donors (Lipinski definition) is 2. The van der Waals surface area contributed by atoms with Crippen molar-refractivity contribution in [3.63, 3.8) is 0 Å². The van der Waals surface area contributed by atoms with Gasteiger partial charge < -0.3 is 24.8 Å². The van der Waals surface area contributed by atoms with Crippen LogP contribution in [0, 0.1) is 0 Å². The van der Waals surface area contributed by atoms with Crippen LogP contribution >= 0.6 is 24.0 Å². The summed E-state index contributed by atoms with van der Waals surface area (Å²) in [6.45, 7) is 8.83. The van der Waals surface area contributed by atoms with Crippen molar-refractivity contribution in [1.82, 2.24) is 15.5 Å². The predicted molar refractivity (Wildman–Crippen MR) is 144 cm³/mol. The van der Waals surface area contributed by atoms with Gasteiger partial charge in [-0.15, -0.1) is 24.0 Å². The van der Waals surface area contributed by atoms with Crippen molar-refractivity contribution >= 4 is 29.9 Å². The van der Waals surface area contributed by atoms with E-state index >= 15 is 0 Å². The smallest absolute Gasteiger partial charge is 0.191 e. The van der Waals surface area contributed by atoms with Gasteiger partial charge in [0.2, 0.25) is 0 Å². The van der Waals surface area contributed by atoms with Crippen LogP contribution in [-0.4, -0.2) is 64.0 Å². The topological polar surface area (TPSA) is 67.4 Å². The van der Waals surface area contributed by atoms with Gasteiger partial charge in [0.25, 0.3) is 0 Å². The van der Waals surface area contributed by atoms with Crippen LogP contribution in [0.25, 0.3) is 0 Å². The molecule has 0 aliphatic carbocycles. The maximum atomic E-state index is 5.72. The Labute approximate surface area is 214 Å². The summed E-state index contributed by atoms with van der Waals surface area (Å²) in [6, 6.07) is 16.7. The van der Waals surface area contributed by atoms with Gasteiger partial charge in [0, 0.05) is 33.2 Å².